The summed E-state index contributed by atoms with van der Waals surface area (Å²) in [6.45, 7) is 1.54. The number of ketones is 1. The van der Waals surface area contributed by atoms with Crippen LogP contribution in [0.3, 0.4) is 0 Å². The van der Waals surface area contributed by atoms with Gasteiger partial charge >= 0.3 is 0 Å². The Labute approximate surface area is 169 Å². The maximum Gasteiger partial charge on any atom is 0.263 e. The lowest BCUT2D eigenvalue weighted by molar-refractivity contribution is 0.101. The van der Waals surface area contributed by atoms with Gasteiger partial charge in [-0.1, -0.05) is 18.2 Å². The summed E-state index contributed by atoms with van der Waals surface area (Å²) in [7, 11) is 3.01. The average molecular weight is 390 g/mol. The van der Waals surface area contributed by atoms with Gasteiger partial charge in [0.2, 0.25) is 0 Å². The first-order chi connectivity index (χ1) is 14.0. The van der Waals surface area contributed by atoms with Crippen LogP contribution in [0.25, 0.3) is 0 Å². The Morgan fingerprint density at radius 1 is 0.759 bits per heavy atom. The second kappa shape index (κ2) is 8.93. The van der Waals surface area contributed by atoms with Crippen LogP contribution in [0.1, 0.15) is 27.6 Å². The molecule has 1 amide bonds. The van der Waals surface area contributed by atoms with Crippen molar-refractivity contribution < 1.29 is 19.1 Å². The van der Waals surface area contributed by atoms with E-state index >= 15 is 0 Å². The molecule has 0 aliphatic carbocycles. The van der Waals surface area contributed by atoms with Crippen molar-refractivity contribution in [2.75, 3.05) is 24.9 Å². The van der Waals surface area contributed by atoms with Crippen LogP contribution in [0, 0.1) is 0 Å². The highest BCUT2D eigenvalue weighted by Gasteiger charge is 2.18. The quantitative estimate of drug-likeness (QED) is 0.561. The molecular formula is C23H22N2O4. The largest absolute Gasteiger partial charge is 0.496 e. The molecule has 0 heterocycles. The third-order valence-electron chi connectivity index (χ3n) is 4.36. The molecule has 6 heteroatoms. The average Bonchev–Trinajstić information content (AvgIpc) is 2.74. The Balaban J connectivity index is 1.74. The number of Topliss-reactive ketones (excluding diaryl/α,β-unsaturated/α-hetero) is 1. The lowest BCUT2D eigenvalue weighted by Crippen LogP contribution is -2.14. The zero-order valence-corrected chi connectivity index (χ0v) is 16.5. The minimum Gasteiger partial charge on any atom is -0.496 e. The third-order valence-corrected chi connectivity index (χ3v) is 4.36. The SMILES string of the molecule is COc1cccc(OC)c1C(=O)Nc1ccc(Nc2cccc(C(C)=O)c2)cc1. The monoisotopic (exact) mass is 390 g/mol. The highest BCUT2D eigenvalue weighted by molar-refractivity contribution is 6.08. The van der Waals surface area contributed by atoms with Gasteiger partial charge in [0.05, 0.1) is 14.2 Å². The van der Waals surface area contributed by atoms with Crippen molar-refractivity contribution in [1.82, 2.24) is 0 Å². The molecule has 6 nitrogen and oxygen atoms in total. The number of hydrogen-bond acceptors (Lipinski definition) is 5. The van der Waals surface area contributed by atoms with Gasteiger partial charge in [-0.2, -0.15) is 0 Å². The Kier molecular flexibility index (Phi) is 6.14. The summed E-state index contributed by atoms with van der Waals surface area (Å²) in [5.74, 6) is 0.559. The van der Waals surface area contributed by atoms with Gasteiger partial charge in [-0.25, -0.2) is 0 Å². The molecule has 2 N–H and O–H groups in total. The number of carbonyl (C=O) groups excluding carboxylic acids is 2. The summed E-state index contributed by atoms with van der Waals surface area (Å²) in [4.78, 5) is 24.3. The van der Waals surface area contributed by atoms with Gasteiger partial charge in [-0.15, -0.1) is 0 Å². The number of anilines is 3. The number of nitrogens with one attached hydrogen (secondary N) is 2. The first kappa shape index (κ1) is 19.9. The van der Waals surface area contributed by atoms with Crippen molar-refractivity contribution >= 4 is 28.8 Å². The van der Waals surface area contributed by atoms with E-state index in [9.17, 15) is 9.59 Å². The van der Waals surface area contributed by atoms with Crippen molar-refractivity contribution in [2.24, 2.45) is 0 Å². The van der Waals surface area contributed by atoms with Crippen molar-refractivity contribution in [3.63, 3.8) is 0 Å². The van der Waals surface area contributed by atoms with E-state index in [1.54, 1.807) is 42.5 Å². The third kappa shape index (κ3) is 4.73. The van der Waals surface area contributed by atoms with Gasteiger partial charge < -0.3 is 20.1 Å². The molecule has 0 unspecified atom stereocenters. The summed E-state index contributed by atoms with van der Waals surface area (Å²) in [5.41, 5.74) is 3.25. The number of methoxy groups -OCH3 is 2. The van der Waals surface area contributed by atoms with Gasteiger partial charge in [0.1, 0.15) is 17.1 Å². The summed E-state index contributed by atoms with van der Waals surface area (Å²) < 4.78 is 10.6. The Morgan fingerprint density at radius 2 is 1.34 bits per heavy atom. The van der Waals surface area contributed by atoms with E-state index in [-0.39, 0.29) is 11.7 Å². The van der Waals surface area contributed by atoms with E-state index in [0.29, 0.717) is 28.3 Å². The van der Waals surface area contributed by atoms with Crippen LogP contribution in [-0.2, 0) is 0 Å². The fourth-order valence-corrected chi connectivity index (χ4v) is 2.89. The van der Waals surface area contributed by atoms with Crippen LogP contribution in [-0.4, -0.2) is 25.9 Å². The van der Waals surface area contributed by atoms with Gasteiger partial charge in [0, 0.05) is 22.6 Å². The lowest BCUT2D eigenvalue weighted by atomic mass is 10.1. The fourth-order valence-electron chi connectivity index (χ4n) is 2.89. The normalized spacial score (nSPS) is 10.2. The number of benzene rings is 3. The minimum atomic E-state index is -0.325. The highest BCUT2D eigenvalue weighted by Crippen LogP contribution is 2.29. The molecule has 3 aromatic carbocycles. The molecule has 0 spiro atoms. The zero-order valence-electron chi connectivity index (χ0n) is 16.5. The van der Waals surface area contributed by atoms with Crippen molar-refractivity contribution in [2.45, 2.75) is 6.92 Å². The molecular weight excluding hydrogens is 368 g/mol. The van der Waals surface area contributed by atoms with Crippen molar-refractivity contribution in [3.05, 3.63) is 77.9 Å². The van der Waals surface area contributed by atoms with Crippen LogP contribution in [0.4, 0.5) is 17.1 Å². The standard InChI is InChI=1S/C23H22N2O4/c1-15(26)16-6-4-7-19(14-16)24-17-10-12-18(13-11-17)25-23(27)22-20(28-2)8-5-9-21(22)29-3/h4-14,24H,1-3H3,(H,25,27). The van der Waals surface area contributed by atoms with Crippen LogP contribution < -0.4 is 20.1 Å². The summed E-state index contributed by atoms with van der Waals surface area (Å²) in [6.07, 6.45) is 0. The molecule has 0 atom stereocenters. The van der Waals surface area contributed by atoms with Gasteiger partial charge in [-0.3, -0.25) is 9.59 Å². The van der Waals surface area contributed by atoms with Crippen LogP contribution >= 0.6 is 0 Å². The second-order valence-electron chi connectivity index (χ2n) is 6.33. The van der Waals surface area contributed by atoms with E-state index in [1.807, 2.05) is 24.3 Å². The summed E-state index contributed by atoms with van der Waals surface area (Å²) in [5, 5.41) is 6.09. The Morgan fingerprint density at radius 3 is 1.93 bits per heavy atom. The molecule has 0 radical (unpaired) electrons. The Bertz CT molecular complexity index is 1010. The number of rotatable bonds is 7. The number of amides is 1. The molecule has 148 valence electrons. The van der Waals surface area contributed by atoms with E-state index in [2.05, 4.69) is 10.6 Å². The topological polar surface area (TPSA) is 76.7 Å². The molecule has 29 heavy (non-hydrogen) atoms. The summed E-state index contributed by atoms with van der Waals surface area (Å²) >= 11 is 0. The fraction of sp³-hybridized carbons (Fsp3) is 0.130. The molecule has 0 saturated heterocycles. The van der Waals surface area contributed by atoms with E-state index in [4.69, 9.17) is 9.47 Å². The maximum absolute atomic E-state index is 12.7. The van der Waals surface area contributed by atoms with Gasteiger partial charge in [0.25, 0.3) is 5.91 Å². The van der Waals surface area contributed by atoms with E-state index in [1.165, 1.54) is 21.1 Å². The zero-order chi connectivity index (χ0) is 20.8. The van der Waals surface area contributed by atoms with Crippen molar-refractivity contribution in [3.8, 4) is 11.5 Å². The minimum absolute atomic E-state index is 0.0125. The molecule has 3 rings (SSSR count). The molecule has 0 bridgehead atoms. The van der Waals surface area contributed by atoms with E-state index < -0.39 is 0 Å². The Hall–Kier alpha value is -3.80. The number of carbonyl (C=O) groups is 2. The van der Waals surface area contributed by atoms with E-state index in [0.717, 1.165) is 11.4 Å². The molecule has 3 aromatic rings. The second-order valence-corrected chi connectivity index (χ2v) is 6.33. The van der Waals surface area contributed by atoms with Gasteiger partial charge in [0.15, 0.2) is 5.78 Å². The maximum atomic E-state index is 12.7. The van der Waals surface area contributed by atoms with Gasteiger partial charge in [-0.05, 0) is 55.5 Å². The molecule has 0 aromatic heterocycles. The van der Waals surface area contributed by atoms with Crippen LogP contribution in [0.2, 0.25) is 0 Å². The van der Waals surface area contributed by atoms with Crippen LogP contribution in [0.5, 0.6) is 11.5 Å². The molecule has 0 fully saturated rings. The molecule has 0 aliphatic rings. The van der Waals surface area contributed by atoms with Crippen molar-refractivity contribution in [1.29, 1.82) is 0 Å². The van der Waals surface area contributed by atoms with Crippen LogP contribution in [0.15, 0.2) is 66.7 Å². The predicted molar refractivity (Wildman–Crippen MR) is 114 cm³/mol. The lowest BCUT2D eigenvalue weighted by Gasteiger charge is -2.13. The number of ether oxygens (including phenoxy) is 2. The predicted octanol–water partition coefficient (Wildman–Crippen LogP) is 4.90. The first-order valence-corrected chi connectivity index (χ1v) is 9.02. The first-order valence-electron chi connectivity index (χ1n) is 9.02. The summed E-state index contributed by atoms with van der Waals surface area (Å²) in [6, 6.07) is 19.7. The molecule has 0 saturated carbocycles. The molecule has 0 aliphatic heterocycles. The highest BCUT2D eigenvalue weighted by atomic mass is 16.5. The number of hydrogen-bond donors (Lipinski definition) is 2. The smallest absolute Gasteiger partial charge is 0.263 e.